The highest BCUT2D eigenvalue weighted by Gasteiger charge is 2.46. The Morgan fingerprint density at radius 2 is 2.00 bits per heavy atom. The molecule has 2 amide bonds. The quantitative estimate of drug-likeness (QED) is 0.508. The molecule has 90 valence electrons. The van der Waals surface area contributed by atoms with Gasteiger partial charge in [0.25, 0.3) is 0 Å². The lowest BCUT2D eigenvalue weighted by Gasteiger charge is -2.37. The summed E-state index contributed by atoms with van der Waals surface area (Å²) < 4.78 is -0.148. The summed E-state index contributed by atoms with van der Waals surface area (Å²) >= 11 is 2.10. The fourth-order valence-electron chi connectivity index (χ4n) is 2.32. The molecule has 3 nitrogen and oxygen atoms in total. The highest BCUT2D eigenvalue weighted by atomic mass is 127. The molecular weight excluding hydrogens is 329 g/mol. The summed E-state index contributed by atoms with van der Waals surface area (Å²) in [6.45, 7) is 1.99. The van der Waals surface area contributed by atoms with Crippen molar-refractivity contribution in [2.75, 3.05) is 0 Å². The summed E-state index contributed by atoms with van der Waals surface area (Å²) in [7, 11) is 0. The van der Waals surface area contributed by atoms with E-state index < -0.39 is 5.41 Å². The van der Waals surface area contributed by atoms with Crippen LogP contribution in [0.4, 0.5) is 0 Å². The van der Waals surface area contributed by atoms with E-state index in [4.69, 9.17) is 0 Å². The number of alkyl halides is 1. The van der Waals surface area contributed by atoms with Gasteiger partial charge in [0.1, 0.15) is 0 Å². The first-order valence-corrected chi connectivity index (χ1v) is 6.89. The molecule has 17 heavy (non-hydrogen) atoms. The largest absolute Gasteiger partial charge is 0.295 e. The zero-order valence-electron chi connectivity index (χ0n) is 9.57. The molecule has 1 aromatic rings. The normalized spacial score (nSPS) is 28.9. The second kappa shape index (κ2) is 4.76. The van der Waals surface area contributed by atoms with Gasteiger partial charge in [-0.3, -0.25) is 14.9 Å². The van der Waals surface area contributed by atoms with Crippen LogP contribution in [0.25, 0.3) is 0 Å². The Kier molecular flexibility index (Phi) is 3.51. The molecule has 1 aliphatic rings. The maximum Gasteiger partial charge on any atom is 0.239 e. The summed E-state index contributed by atoms with van der Waals surface area (Å²) in [6.07, 6.45) is 1.29. The number of hydrogen-bond donors (Lipinski definition) is 1. The lowest BCUT2D eigenvalue weighted by Crippen LogP contribution is -2.55. The third-order valence-corrected chi connectivity index (χ3v) is 4.42. The first-order valence-electron chi connectivity index (χ1n) is 5.65. The van der Waals surface area contributed by atoms with Crippen molar-refractivity contribution in [1.29, 1.82) is 0 Å². The van der Waals surface area contributed by atoms with E-state index in [-0.39, 0.29) is 15.7 Å². The van der Waals surface area contributed by atoms with Gasteiger partial charge in [0.2, 0.25) is 11.8 Å². The van der Waals surface area contributed by atoms with Crippen LogP contribution in [-0.4, -0.2) is 15.7 Å². The summed E-state index contributed by atoms with van der Waals surface area (Å²) in [5.41, 5.74) is 0.440. The van der Waals surface area contributed by atoms with Crippen molar-refractivity contribution >= 4 is 34.4 Å². The van der Waals surface area contributed by atoms with E-state index >= 15 is 0 Å². The van der Waals surface area contributed by atoms with Crippen LogP contribution in [0.3, 0.4) is 0 Å². The van der Waals surface area contributed by atoms with Gasteiger partial charge in [0.05, 0.1) is 9.34 Å². The smallest absolute Gasteiger partial charge is 0.239 e. The van der Waals surface area contributed by atoms with Crippen molar-refractivity contribution in [3.63, 3.8) is 0 Å². The average molecular weight is 343 g/mol. The fraction of sp³-hybridized carbons (Fsp3) is 0.385. The second-order valence-electron chi connectivity index (χ2n) is 4.29. The number of carbonyl (C=O) groups excluding carboxylic acids is 2. The van der Waals surface area contributed by atoms with Crippen molar-refractivity contribution in [1.82, 2.24) is 5.32 Å². The number of amides is 2. The van der Waals surface area contributed by atoms with Crippen LogP contribution in [-0.2, 0) is 15.0 Å². The minimum atomic E-state index is -0.555. The van der Waals surface area contributed by atoms with E-state index in [1.807, 2.05) is 37.3 Å². The van der Waals surface area contributed by atoms with E-state index in [2.05, 4.69) is 27.9 Å². The third kappa shape index (κ3) is 2.10. The average Bonchev–Trinajstić information content (AvgIpc) is 2.35. The molecule has 0 spiro atoms. The van der Waals surface area contributed by atoms with Crippen LogP contribution in [0.2, 0.25) is 0 Å². The summed E-state index contributed by atoms with van der Waals surface area (Å²) in [5, 5.41) is 2.48. The molecule has 4 heteroatoms. The van der Waals surface area contributed by atoms with Crippen molar-refractivity contribution in [2.45, 2.75) is 29.1 Å². The monoisotopic (exact) mass is 343 g/mol. The minimum absolute atomic E-state index is 0.148. The van der Waals surface area contributed by atoms with Gasteiger partial charge in [-0.1, -0.05) is 59.8 Å². The van der Waals surface area contributed by atoms with Gasteiger partial charge in [-0.25, -0.2) is 0 Å². The molecule has 1 fully saturated rings. The van der Waals surface area contributed by atoms with Crippen LogP contribution in [0.15, 0.2) is 30.3 Å². The summed E-state index contributed by atoms with van der Waals surface area (Å²) in [6, 6.07) is 9.71. The number of hydrogen-bond acceptors (Lipinski definition) is 2. The first-order chi connectivity index (χ1) is 8.10. The van der Waals surface area contributed by atoms with Crippen molar-refractivity contribution in [2.24, 2.45) is 0 Å². The van der Waals surface area contributed by atoms with E-state index in [1.165, 1.54) is 0 Å². The van der Waals surface area contributed by atoms with Crippen LogP contribution in [0.1, 0.15) is 25.3 Å². The van der Waals surface area contributed by atoms with Crippen LogP contribution in [0.5, 0.6) is 0 Å². The number of rotatable bonds is 2. The van der Waals surface area contributed by atoms with Crippen molar-refractivity contribution < 1.29 is 9.59 Å². The van der Waals surface area contributed by atoms with Gasteiger partial charge in [0, 0.05) is 0 Å². The zero-order chi connectivity index (χ0) is 12.5. The molecule has 2 unspecified atom stereocenters. The zero-order valence-corrected chi connectivity index (χ0v) is 11.7. The number of piperidine rings is 1. The molecular formula is C13H14INO2. The van der Waals surface area contributed by atoms with Gasteiger partial charge in [0.15, 0.2) is 0 Å². The molecule has 0 radical (unpaired) electrons. The Bertz CT molecular complexity index is 446. The maximum absolute atomic E-state index is 12.2. The lowest BCUT2D eigenvalue weighted by molar-refractivity contribution is -0.137. The van der Waals surface area contributed by atoms with E-state index in [9.17, 15) is 9.59 Å². The maximum atomic E-state index is 12.2. The third-order valence-electron chi connectivity index (χ3n) is 3.41. The Hall–Kier alpha value is -0.910. The molecule has 0 aromatic heterocycles. The number of imide groups is 1. The van der Waals surface area contributed by atoms with Gasteiger partial charge in [-0.15, -0.1) is 0 Å². The highest BCUT2D eigenvalue weighted by Crippen LogP contribution is 2.37. The SMILES string of the molecule is CCC1(c2ccccc2)CC(I)C(=O)NC1=O. The van der Waals surface area contributed by atoms with Gasteiger partial charge in [-0.05, 0) is 18.4 Å². The molecule has 2 atom stereocenters. The topological polar surface area (TPSA) is 46.2 Å². The first kappa shape index (κ1) is 12.5. The van der Waals surface area contributed by atoms with Gasteiger partial charge in [-0.2, -0.15) is 0 Å². The molecule has 0 bridgehead atoms. The summed E-state index contributed by atoms with van der Waals surface area (Å²) in [4.78, 5) is 23.7. The van der Waals surface area contributed by atoms with E-state index in [0.29, 0.717) is 12.8 Å². The lowest BCUT2D eigenvalue weighted by atomic mass is 9.72. The Labute approximate surface area is 114 Å². The Morgan fingerprint density at radius 3 is 2.59 bits per heavy atom. The fourth-order valence-corrected chi connectivity index (χ4v) is 3.22. The minimum Gasteiger partial charge on any atom is -0.295 e. The molecule has 1 aromatic carbocycles. The van der Waals surface area contributed by atoms with E-state index in [0.717, 1.165) is 5.56 Å². The van der Waals surface area contributed by atoms with Crippen molar-refractivity contribution in [3.05, 3.63) is 35.9 Å². The van der Waals surface area contributed by atoms with Crippen LogP contribution < -0.4 is 5.32 Å². The Balaban J connectivity index is 2.44. The molecule has 1 aliphatic heterocycles. The van der Waals surface area contributed by atoms with Crippen molar-refractivity contribution in [3.8, 4) is 0 Å². The van der Waals surface area contributed by atoms with Gasteiger partial charge < -0.3 is 0 Å². The van der Waals surface area contributed by atoms with Crippen LogP contribution >= 0.6 is 22.6 Å². The summed E-state index contributed by atoms with van der Waals surface area (Å²) in [5.74, 6) is -0.334. The number of nitrogens with one attached hydrogen (secondary N) is 1. The predicted octanol–water partition coefficient (Wildman–Crippen LogP) is 2.18. The van der Waals surface area contributed by atoms with E-state index in [1.54, 1.807) is 0 Å². The predicted molar refractivity (Wildman–Crippen MR) is 74.0 cm³/mol. The molecule has 1 saturated heterocycles. The highest BCUT2D eigenvalue weighted by molar-refractivity contribution is 14.1. The molecule has 0 saturated carbocycles. The molecule has 0 aliphatic carbocycles. The van der Waals surface area contributed by atoms with Crippen LogP contribution in [0, 0.1) is 0 Å². The standard InChI is InChI=1S/C13H14INO2/c1-2-13(9-6-4-3-5-7-9)8-10(14)11(16)15-12(13)17/h3-7,10H,2,8H2,1H3,(H,15,16,17). The Morgan fingerprint density at radius 1 is 1.35 bits per heavy atom. The molecule has 1 N–H and O–H groups in total. The second-order valence-corrected chi connectivity index (χ2v) is 5.80. The number of benzene rings is 1. The number of halogens is 1. The molecule has 2 rings (SSSR count). The molecule has 1 heterocycles. The van der Waals surface area contributed by atoms with Gasteiger partial charge >= 0.3 is 0 Å². The number of carbonyl (C=O) groups is 2.